The highest BCUT2D eigenvalue weighted by Crippen LogP contribution is 1.97. The Morgan fingerprint density at radius 2 is 2.67 bits per heavy atom. The summed E-state index contributed by atoms with van der Waals surface area (Å²) in [6, 6.07) is 0. The lowest BCUT2D eigenvalue weighted by atomic mass is 10.4. The summed E-state index contributed by atoms with van der Waals surface area (Å²) in [5.74, 6) is 0. The van der Waals surface area contributed by atoms with E-state index in [0.717, 1.165) is 12.1 Å². The maximum absolute atomic E-state index is 4.05. The van der Waals surface area contributed by atoms with Crippen LogP contribution in [-0.2, 0) is 6.54 Å². The van der Waals surface area contributed by atoms with Crippen LogP contribution in [0.2, 0.25) is 0 Å². The summed E-state index contributed by atoms with van der Waals surface area (Å²) in [6.07, 6.45) is 5.56. The van der Waals surface area contributed by atoms with Crippen LogP contribution < -0.4 is 0 Å². The van der Waals surface area contributed by atoms with Gasteiger partial charge in [0, 0.05) is 18.3 Å². The van der Waals surface area contributed by atoms with Gasteiger partial charge >= 0.3 is 0 Å². The Balaban J connectivity index is 2.86. The molecule has 0 aromatic carbocycles. The van der Waals surface area contributed by atoms with Gasteiger partial charge in [-0.15, -0.1) is 0 Å². The molecular formula is C7H10N2. The number of aromatic nitrogens is 2. The fourth-order valence-corrected chi connectivity index (χ4v) is 0.658. The van der Waals surface area contributed by atoms with Crippen LogP contribution in [0.5, 0.6) is 0 Å². The fourth-order valence-electron chi connectivity index (χ4n) is 0.658. The zero-order valence-electron chi connectivity index (χ0n) is 5.54. The summed E-state index contributed by atoms with van der Waals surface area (Å²) < 4.78 is 1.87. The predicted octanol–water partition coefficient (Wildman–Crippen LogP) is 1.55. The summed E-state index contributed by atoms with van der Waals surface area (Å²) >= 11 is 0. The molecule has 2 nitrogen and oxygen atoms in total. The van der Waals surface area contributed by atoms with E-state index in [2.05, 4.69) is 18.6 Å². The Labute approximate surface area is 54.8 Å². The smallest absolute Gasteiger partial charge is 0.0562 e. The van der Waals surface area contributed by atoms with Crippen molar-refractivity contribution in [2.24, 2.45) is 0 Å². The second-order valence-corrected chi connectivity index (χ2v) is 1.83. The average Bonchev–Trinajstić information content (AvgIpc) is 2.34. The number of nitrogens with zero attached hydrogens (tertiary/aromatic N) is 2. The van der Waals surface area contributed by atoms with Gasteiger partial charge in [0.1, 0.15) is 0 Å². The predicted molar refractivity (Wildman–Crippen MR) is 38.0 cm³/mol. The second kappa shape index (κ2) is 2.49. The van der Waals surface area contributed by atoms with Gasteiger partial charge < -0.3 is 0 Å². The van der Waals surface area contributed by atoms with E-state index in [-0.39, 0.29) is 0 Å². The van der Waals surface area contributed by atoms with E-state index in [4.69, 9.17) is 0 Å². The maximum atomic E-state index is 4.05. The highest BCUT2D eigenvalue weighted by molar-refractivity contribution is 5.43. The Morgan fingerprint density at radius 1 is 1.89 bits per heavy atom. The highest BCUT2D eigenvalue weighted by atomic mass is 15.3. The van der Waals surface area contributed by atoms with E-state index >= 15 is 0 Å². The maximum Gasteiger partial charge on any atom is 0.0562 e. The van der Waals surface area contributed by atoms with Crippen molar-refractivity contribution >= 4 is 6.08 Å². The minimum absolute atomic E-state index is 0.924. The summed E-state index contributed by atoms with van der Waals surface area (Å²) in [7, 11) is 0. The minimum atomic E-state index is 0.924. The van der Waals surface area contributed by atoms with Gasteiger partial charge in [-0.1, -0.05) is 12.7 Å². The first kappa shape index (κ1) is 6.08. The molecule has 0 N–H and O–H groups in total. The zero-order valence-corrected chi connectivity index (χ0v) is 5.54. The van der Waals surface area contributed by atoms with Gasteiger partial charge in [-0.3, -0.25) is 4.68 Å². The molecule has 0 aliphatic carbocycles. The van der Waals surface area contributed by atoms with Crippen LogP contribution in [-0.4, -0.2) is 9.78 Å². The Hall–Kier alpha value is -1.05. The molecule has 0 fully saturated rings. The van der Waals surface area contributed by atoms with Crippen molar-refractivity contribution in [3.8, 4) is 0 Å². The highest BCUT2D eigenvalue weighted by Gasteiger charge is 1.88. The third-order valence-electron chi connectivity index (χ3n) is 1.21. The fraction of sp³-hybridized carbons (Fsp3) is 0.286. The van der Waals surface area contributed by atoms with Crippen LogP contribution in [0.25, 0.3) is 6.08 Å². The molecule has 0 aliphatic heterocycles. The Bertz CT molecular complexity index is 200. The van der Waals surface area contributed by atoms with Crippen molar-refractivity contribution in [3.05, 3.63) is 24.5 Å². The lowest BCUT2D eigenvalue weighted by molar-refractivity contribution is 0.660. The van der Waals surface area contributed by atoms with Crippen molar-refractivity contribution in [2.75, 3.05) is 0 Å². The monoisotopic (exact) mass is 122 g/mol. The minimum Gasteiger partial charge on any atom is -0.272 e. The van der Waals surface area contributed by atoms with Crippen LogP contribution in [0.1, 0.15) is 12.5 Å². The standard InChI is InChI=1S/C7H10N2/c1-3-7-5-8-9(4-2)6-7/h3,5-6H,1,4H2,2H3. The van der Waals surface area contributed by atoms with Crippen molar-refractivity contribution < 1.29 is 0 Å². The van der Waals surface area contributed by atoms with Crippen LogP contribution in [0.15, 0.2) is 19.0 Å². The van der Waals surface area contributed by atoms with Gasteiger partial charge in [0.2, 0.25) is 0 Å². The van der Waals surface area contributed by atoms with Gasteiger partial charge in [0.25, 0.3) is 0 Å². The van der Waals surface area contributed by atoms with Crippen molar-refractivity contribution in [2.45, 2.75) is 13.5 Å². The summed E-state index contributed by atoms with van der Waals surface area (Å²) in [5.41, 5.74) is 1.08. The van der Waals surface area contributed by atoms with E-state index in [1.165, 1.54) is 0 Å². The molecule has 0 saturated heterocycles. The van der Waals surface area contributed by atoms with E-state index in [1.54, 1.807) is 12.3 Å². The van der Waals surface area contributed by atoms with E-state index in [9.17, 15) is 0 Å². The molecule has 1 aromatic rings. The topological polar surface area (TPSA) is 17.8 Å². The van der Waals surface area contributed by atoms with Crippen molar-refractivity contribution in [1.82, 2.24) is 9.78 Å². The molecule has 9 heavy (non-hydrogen) atoms. The SMILES string of the molecule is C=Cc1cnn(CC)c1. The quantitative estimate of drug-likeness (QED) is 0.582. The Morgan fingerprint density at radius 3 is 3.00 bits per heavy atom. The molecule has 0 atom stereocenters. The molecule has 0 amide bonds. The lowest BCUT2D eigenvalue weighted by Crippen LogP contribution is -1.91. The molecule has 0 spiro atoms. The average molecular weight is 122 g/mol. The van der Waals surface area contributed by atoms with Gasteiger partial charge in [-0.05, 0) is 6.92 Å². The van der Waals surface area contributed by atoms with Crippen LogP contribution >= 0.6 is 0 Å². The largest absolute Gasteiger partial charge is 0.272 e. The molecule has 0 unspecified atom stereocenters. The first-order valence-corrected chi connectivity index (χ1v) is 3.01. The van der Waals surface area contributed by atoms with Crippen molar-refractivity contribution in [3.63, 3.8) is 0 Å². The van der Waals surface area contributed by atoms with Gasteiger partial charge in [-0.2, -0.15) is 5.10 Å². The third-order valence-corrected chi connectivity index (χ3v) is 1.21. The summed E-state index contributed by atoms with van der Waals surface area (Å²) in [6.45, 7) is 6.61. The summed E-state index contributed by atoms with van der Waals surface area (Å²) in [4.78, 5) is 0. The van der Waals surface area contributed by atoms with Crippen LogP contribution in [0, 0.1) is 0 Å². The number of hydrogen-bond acceptors (Lipinski definition) is 1. The summed E-state index contributed by atoms with van der Waals surface area (Å²) in [5, 5.41) is 4.05. The van der Waals surface area contributed by atoms with Gasteiger partial charge in [-0.25, -0.2) is 0 Å². The van der Waals surface area contributed by atoms with Crippen LogP contribution in [0.4, 0.5) is 0 Å². The molecule has 1 aromatic heterocycles. The molecule has 1 rings (SSSR count). The van der Waals surface area contributed by atoms with Crippen LogP contribution in [0.3, 0.4) is 0 Å². The number of rotatable bonds is 2. The second-order valence-electron chi connectivity index (χ2n) is 1.83. The molecule has 0 radical (unpaired) electrons. The zero-order chi connectivity index (χ0) is 6.69. The number of hydrogen-bond donors (Lipinski definition) is 0. The molecule has 0 bridgehead atoms. The number of aryl methyl sites for hydroxylation is 1. The molecule has 1 heterocycles. The normalized spacial score (nSPS) is 9.44. The molecule has 0 aliphatic rings. The van der Waals surface area contributed by atoms with Crippen molar-refractivity contribution in [1.29, 1.82) is 0 Å². The molecule has 2 heteroatoms. The Kier molecular flexibility index (Phi) is 1.68. The molecule has 0 saturated carbocycles. The first-order valence-electron chi connectivity index (χ1n) is 3.01. The molecule has 48 valence electrons. The van der Waals surface area contributed by atoms with E-state index in [0.29, 0.717) is 0 Å². The lowest BCUT2D eigenvalue weighted by Gasteiger charge is -1.88. The first-order chi connectivity index (χ1) is 4.36. The van der Waals surface area contributed by atoms with E-state index in [1.807, 2.05) is 10.9 Å². The molecular weight excluding hydrogens is 112 g/mol. The van der Waals surface area contributed by atoms with Gasteiger partial charge in [0.05, 0.1) is 6.20 Å². The van der Waals surface area contributed by atoms with E-state index < -0.39 is 0 Å². The van der Waals surface area contributed by atoms with Gasteiger partial charge in [0.15, 0.2) is 0 Å². The third kappa shape index (κ3) is 1.19.